The Balaban J connectivity index is 3.08. The van der Waals surface area contributed by atoms with Crippen LogP contribution in [0.1, 0.15) is 174 Å². The number of unbranched alkanes of at least 4 members (excludes halogenated alkanes) is 21. The lowest BCUT2D eigenvalue weighted by Gasteiger charge is -2.10. The topological polar surface area (TPSA) is 0 Å². The highest BCUT2D eigenvalue weighted by Crippen LogP contribution is 2.18. The van der Waals surface area contributed by atoms with Crippen LogP contribution < -0.4 is 0 Å². The summed E-state index contributed by atoms with van der Waals surface area (Å²) in [4.78, 5) is 0. The zero-order chi connectivity index (χ0) is 21.3. The summed E-state index contributed by atoms with van der Waals surface area (Å²) in [7, 11) is 0. The molecule has 0 heterocycles. The molecule has 0 aromatic heterocycles. The van der Waals surface area contributed by atoms with Gasteiger partial charge in [0.1, 0.15) is 0 Å². The lowest BCUT2D eigenvalue weighted by molar-refractivity contribution is 0.462. The molecule has 0 aliphatic heterocycles. The first kappa shape index (κ1) is 29.0. The van der Waals surface area contributed by atoms with Gasteiger partial charge in [-0.2, -0.15) is 0 Å². The Bertz CT molecular complexity index is 269. The van der Waals surface area contributed by atoms with E-state index in [0.717, 1.165) is 5.92 Å². The Hall–Kier alpha value is 0. The summed E-state index contributed by atoms with van der Waals surface area (Å²) in [5, 5.41) is 0. The number of hydrogen-bond donors (Lipinski definition) is 0. The molecule has 0 heteroatoms. The molecule has 0 rings (SSSR count). The van der Waals surface area contributed by atoms with Gasteiger partial charge in [-0.15, -0.1) is 0 Å². The van der Waals surface area contributed by atoms with Gasteiger partial charge in [-0.25, -0.2) is 0 Å². The third-order valence-corrected chi connectivity index (χ3v) is 6.68. The molecule has 0 bridgehead atoms. The molecule has 0 amide bonds. The fourth-order valence-corrected chi connectivity index (χ4v) is 4.52. The summed E-state index contributed by atoms with van der Waals surface area (Å²) in [5.74, 6) is 0.720. The minimum absolute atomic E-state index is 0.720. The van der Waals surface area contributed by atoms with Crippen molar-refractivity contribution in [1.29, 1.82) is 0 Å². The Morgan fingerprint density at radius 1 is 0.345 bits per heavy atom. The van der Waals surface area contributed by atoms with E-state index in [1.807, 2.05) is 0 Å². The largest absolute Gasteiger partial charge is 0.0654 e. The fraction of sp³-hybridized carbons (Fsp3) is 0.966. The summed E-state index contributed by atoms with van der Waals surface area (Å²) in [6.45, 7) is 8.97. The second-order valence-corrected chi connectivity index (χ2v) is 9.87. The third-order valence-electron chi connectivity index (χ3n) is 6.68. The van der Waals surface area contributed by atoms with Gasteiger partial charge in [0.05, 0.1) is 0 Å². The molecule has 1 radical (unpaired) electrons. The monoisotopic (exact) mass is 407 g/mol. The van der Waals surface area contributed by atoms with Crippen LogP contribution in [0.25, 0.3) is 0 Å². The summed E-state index contributed by atoms with van der Waals surface area (Å²) in [6.07, 6.45) is 36.1. The lowest BCUT2D eigenvalue weighted by Crippen LogP contribution is -1.95. The summed E-state index contributed by atoms with van der Waals surface area (Å²) in [6, 6.07) is 0. The van der Waals surface area contributed by atoms with E-state index in [2.05, 4.69) is 20.8 Å². The molecule has 175 valence electrons. The van der Waals surface area contributed by atoms with Crippen molar-refractivity contribution in [2.45, 2.75) is 174 Å². The van der Waals surface area contributed by atoms with Crippen molar-refractivity contribution in [1.82, 2.24) is 0 Å². The van der Waals surface area contributed by atoms with E-state index in [0.29, 0.717) is 0 Å². The minimum Gasteiger partial charge on any atom is -0.0654 e. The molecule has 0 aromatic carbocycles. The van der Waals surface area contributed by atoms with Gasteiger partial charge in [0.15, 0.2) is 0 Å². The van der Waals surface area contributed by atoms with Gasteiger partial charge in [-0.1, -0.05) is 181 Å². The molecule has 1 atom stereocenters. The van der Waals surface area contributed by atoms with E-state index in [4.69, 9.17) is 0 Å². The second-order valence-electron chi connectivity index (χ2n) is 9.87. The van der Waals surface area contributed by atoms with Crippen LogP contribution in [-0.4, -0.2) is 0 Å². The highest BCUT2D eigenvalue weighted by atomic mass is 14.1. The van der Waals surface area contributed by atoms with Crippen molar-refractivity contribution in [2.75, 3.05) is 0 Å². The molecule has 0 aliphatic rings. The van der Waals surface area contributed by atoms with E-state index in [-0.39, 0.29) is 0 Å². The average Bonchev–Trinajstić information content (AvgIpc) is 2.72. The fourth-order valence-electron chi connectivity index (χ4n) is 4.52. The molecule has 0 nitrogen and oxygen atoms in total. The minimum atomic E-state index is 0.720. The molecule has 29 heavy (non-hydrogen) atoms. The van der Waals surface area contributed by atoms with Gasteiger partial charge >= 0.3 is 0 Å². The Kier molecular flexibility index (Phi) is 26.0. The zero-order valence-electron chi connectivity index (χ0n) is 21.0. The maximum absolute atomic E-state index is 4.37. The van der Waals surface area contributed by atoms with Crippen LogP contribution in [-0.2, 0) is 0 Å². The lowest BCUT2D eigenvalue weighted by atomic mass is 9.96. The zero-order valence-corrected chi connectivity index (χ0v) is 21.0. The molecular weight excluding hydrogens is 348 g/mol. The summed E-state index contributed by atoms with van der Waals surface area (Å²) < 4.78 is 0. The molecule has 0 spiro atoms. The van der Waals surface area contributed by atoms with Crippen molar-refractivity contribution in [3.63, 3.8) is 0 Å². The van der Waals surface area contributed by atoms with E-state index in [9.17, 15) is 0 Å². The van der Waals surface area contributed by atoms with Crippen LogP contribution in [0.4, 0.5) is 0 Å². The first-order valence-corrected chi connectivity index (χ1v) is 14.1. The highest BCUT2D eigenvalue weighted by molar-refractivity contribution is 4.62. The van der Waals surface area contributed by atoms with E-state index in [1.54, 1.807) is 0 Å². The predicted molar refractivity (Wildman–Crippen MR) is 136 cm³/mol. The standard InChI is InChI=1S/C29H59/c1-4-6-8-10-11-12-13-14-15-16-17-18-19-20-21-22-24-26-28-29(3)27-25-23-9-7-5-2/h29H,3-28H2,1-2H3. The van der Waals surface area contributed by atoms with Crippen LogP contribution in [0, 0.1) is 12.8 Å². The van der Waals surface area contributed by atoms with E-state index in [1.165, 1.54) is 161 Å². The van der Waals surface area contributed by atoms with E-state index >= 15 is 0 Å². The molecule has 0 saturated heterocycles. The molecule has 0 aliphatic carbocycles. The average molecular weight is 408 g/mol. The van der Waals surface area contributed by atoms with Crippen molar-refractivity contribution < 1.29 is 0 Å². The quantitative estimate of drug-likeness (QED) is 0.132. The van der Waals surface area contributed by atoms with Gasteiger partial charge in [0.25, 0.3) is 0 Å². The smallest absolute Gasteiger partial charge is 0.0414 e. The summed E-state index contributed by atoms with van der Waals surface area (Å²) >= 11 is 0. The SMILES string of the molecule is [CH2]C(CCCCCCC)CCCCCCCCCCCCCCCCCCCC. The van der Waals surface area contributed by atoms with Gasteiger partial charge < -0.3 is 0 Å². The van der Waals surface area contributed by atoms with Crippen molar-refractivity contribution >= 4 is 0 Å². The Labute approximate surface area is 187 Å². The number of rotatable bonds is 25. The van der Waals surface area contributed by atoms with E-state index < -0.39 is 0 Å². The predicted octanol–water partition coefficient (Wildman–Crippen LogP) is 11.2. The van der Waals surface area contributed by atoms with Crippen LogP contribution in [0.3, 0.4) is 0 Å². The Morgan fingerprint density at radius 3 is 0.793 bits per heavy atom. The first-order valence-electron chi connectivity index (χ1n) is 14.1. The van der Waals surface area contributed by atoms with Gasteiger partial charge in [0, 0.05) is 0 Å². The molecule has 0 saturated carbocycles. The van der Waals surface area contributed by atoms with Crippen molar-refractivity contribution in [3.8, 4) is 0 Å². The first-order chi connectivity index (χ1) is 14.3. The highest BCUT2D eigenvalue weighted by Gasteiger charge is 2.02. The molecule has 1 unspecified atom stereocenters. The second kappa shape index (κ2) is 26.0. The van der Waals surface area contributed by atoms with Crippen molar-refractivity contribution in [3.05, 3.63) is 6.92 Å². The maximum atomic E-state index is 4.37. The maximum Gasteiger partial charge on any atom is -0.0414 e. The normalized spacial score (nSPS) is 12.5. The van der Waals surface area contributed by atoms with Gasteiger partial charge in [-0.3, -0.25) is 0 Å². The number of hydrogen-bond acceptors (Lipinski definition) is 0. The van der Waals surface area contributed by atoms with Crippen molar-refractivity contribution in [2.24, 2.45) is 5.92 Å². The van der Waals surface area contributed by atoms with Crippen LogP contribution in [0.2, 0.25) is 0 Å². The Morgan fingerprint density at radius 2 is 0.552 bits per heavy atom. The summed E-state index contributed by atoms with van der Waals surface area (Å²) in [5.41, 5.74) is 0. The van der Waals surface area contributed by atoms with Gasteiger partial charge in [0.2, 0.25) is 0 Å². The van der Waals surface area contributed by atoms with Crippen LogP contribution in [0.15, 0.2) is 0 Å². The molecule has 0 aromatic rings. The van der Waals surface area contributed by atoms with Gasteiger partial charge in [-0.05, 0) is 5.92 Å². The molecule has 0 fully saturated rings. The third kappa shape index (κ3) is 26.0. The van der Waals surface area contributed by atoms with Crippen LogP contribution in [0.5, 0.6) is 0 Å². The molecular formula is C29H59. The molecule has 0 N–H and O–H groups in total. The van der Waals surface area contributed by atoms with Crippen LogP contribution >= 0.6 is 0 Å².